The second kappa shape index (κ2) is 7.01. The van der Waals surface area contributed by atoms with E-state index in [4.69, 9.17) is 16.0 Å². The molecule has 9 heteroatoms. The van der Waals surface area contributed by atoms with Crippen molar-refractivity contribution in [2.75, 3.05) is 0 Å². The zero-order valence-corrected chi connectivity index (χ0v) is 14.4. The molecule has 0 aliphatic rings. The molecule has 2 aromatic carbocycles. The number of nitro benzene ring substituents is 1. The van der Waals surface area contributed by atoms with Crippen molar-refractivity contribution >= 4 is 34.3 Å². The van der Waals surface area contributed by atoms with Crippen LogP contribution in [0.5, 0.6) is 0 Å². The van der Waals surface area contributed by atoms with Crippen LogP contribution in [-0.4, -0.2) is 15.4 Å². The molecule has 26 heavy (non-hydrogen) atoms. The van der Waals surface area contributed by atoms with Crippen LogP contribution in [0.3, 0.4) is 0 Å². The number of oxazole rings is 1. The van der Waals surface area contributed by atoms with Gasteiger partial charge in [0.1, 0.15) is 6.54 Å². The van der Waals surface area contributed by atoms with Gasteiger partial charge in [-0.15, -0.1) is 0 Å². The molecule has 0 spiro atoms. The number of carbonyl (C=O) groups is 1. The summed E-state index contributed by atoms with van der Waals surface area (Å²) in [6.07, 6.45) is 0. The number of nitrogens with zero attached hydrogens (tertiary/aromatic N) is 2. The highest BCUT2D eigenvalue weighted by atomic mass is 35.5. The SMILES string of the molecule is C[C@H](NC(=O)Cn1c(=O)oc2cc([N+](=O)[O-])ccc21)c1cccc(Cl)c1. The fourth-order valence-corrected chi connectivity index (χ4v) is 2.81. The quantitative estimate of drug-likeness (QED) is 0.544. The first kappa shape index (κ1) is 17.7. The number of amides is 1. The summed E-state index contributed by atoms with van der Waals surface area (Å²) in [7, 11) is 0. The van der Waals surface area contributed by atoms with Crippen molar-refractivity contribution in [3.8, 4) is 0 Å². The van der Waals surface area contributed by atoms with Crippen LogP contribution in [-0.2, 0) is 11.3 Å². The molecule has 1 atom stereocenters. The van der Waals surface area contributed by atoms with Gasteiger partial charge < -0.3 is 9.73 Å². The monoisotopic (exact) mass is 375 g/mol. The molecule has 0 bridgehead atoms. The lowest BCUT2D eigenvalue weighted by Gasteiger charge is -2.14. The zero-order valence-electron chi connectivity index (χ0n) is 13.6. The Kier molecular flexibility index (Phi) is 4.77. The van der Waals surface area contributed by atoms with Gasteiger partial charge in [-0.2, -0.15) is 0 Å². The number of aromatic nitrogens is 1. The first-order valence-electron chi connectivity index (χ1n) is 7.68. The predicted molar refractivity (Wildman–Crippen MR) is 95.1 cm³/mol. The van der Waals surface area contributed by atoms with E-state index in [1.807, 2.05) is 6.07 Å². The van der Waals surface area contributed by atoms with Crippen LogP contribution < -0.4 is 11.1 Å². The smallest absolute Gasteiger partial charge is 0.407 e. The number of nitro groups is 1. The topological polar surface area (TPSA) is 107 Å². The maximum Gasteiger partial charge on any atom is 0.420 e. The molecule has 1 aromatic heterocycles. The summed E-state index contributed by atoms with van der Waals surface area (Å²) in [5.74, 6) is -1.16. The molecule has 0 aliphatic heterocycles. The fourth-order valence-electron chi connectivity index (χ4n) is 2.61. The summed E-state index contributed by atoms with van der Waals surface area (Å²) in [4.78, 5) is 34.5. The van der Waals surface area contributed by atoms with Crippen molar-refractivity contribution < 1.29 is 14.1 Å². The van der Waals surface area contributed by atoms with E-state index in [-0.39, 0.29) is 23.9 Å². The van der Waals surface area contributed by atoms with E-state index in [0.717, 1.165) is 16.2 Å². The maximum atomic E-state index is 12.3. The molecule has 1 amide bonds. The summed E-state index contributed by atoms with van der Waals surface area (Å²) in [5, 5.41) is 14.1. The van der Waals surface area contributed by atoms with Crippen molar-refractivity contribution in [1.29, 1.82) is 0 Å². The number of fused-ring (bicyclic) bond motifs is 1. The molecule has 3 aromatic rings. The Balaban J connectivity index is 1.80. The molecule has 1 N–H and O–H groups in total. The van der Waals surface area contributed by atoms with Gasteiger partial charge in [0.15, 0.2) is 5.58 Å². The van der Waals surface area contributed by atoms with Crippen LogP contribution in [0.15, 0.2) is 51.7 Å². The number of nitrogens with one attached hydrogen (secondary N) is 1. The normalized spacial score (nSPS) is 12.1. The first-order valence-corrected chi connectivity index (χ1v) is 8.05. The van der Waals surface area contributed by atoms with Gasteiger partial charge in [0.25, 0.3) is 5.69 Å². The van der Waals surface area contributed by atoms with Crippen molar-refractivity contribution in [1.82, 2.24) is 9.88 Å². The average molecular weight is 376 g/mol. The van der Waals surface area contributed by atoms with Crippen LogP contribution in [0.25, 0.3) is 11.1 Å². The molecule has 0 aliphatic carbocycles. The van der Waals surface area contributed by atoms with Crippen molar-refractivity contribution in [3.63, 3.8) is 0 Å². The fraction of sp³-hybridized carbons (Fsp3) is 0.176. The molecule has 8 nitrogen and oxygen atoms in total. The summed E-state index contributed by atoms with van der Waals surface area (Å²) in [6.45, 7) is 1.53. The predicted octanol–water partition coefficient (Wildman–Crippen LogP) is 3.03. The van der Waals surface area contributed by atoms with E-state index >= 15 is 0 Å². The Bertz CT molecular complexity index is 1060. The molecule has 0 saturated heterocycles. The summed E-state index contributed by atoms with van der Waals surface area (Å²) in [5.41, 5.74) is 0.995. The van der Waals surface area contributed by atoms with E-state index in [2.05, 4.69) is 5.32 Å². The Morgan fingerprint density at radius 3 is 2.81 bits per heavy atom. The molecule has 0 fully saturated rings. The van der Waals surface area contributed by atoms with Crippen molar-refractivity contribution in [2.24, 2.45) is 0 Å². The van der Waals surface area contributed by atoms with Gasteiger partial charge in [-0.25, -0.2) is 4.79 Å². The van der Waals surface area contributed by atoms with Crippen LogP contribution >= 0.6 is 11.6 Å². The molecule has 0 unspecified atom stereocenters. The highest BCUT2D eigenvalue weighted by Gasteiger charge is 2.17. The largest absolute Gasteiger partial charge is 0.420 e. The van der Waals surface area contributed by atoms with Crippen LogP contribution in [0, 0.1) is 10.1 Å². The molecule has 0 radical (unpaired) electrons. The van der Waals surface area contributed by atoms with Gasteiger partial charge in [-0.3, -0.25) is 19.5 Å². The van der Waals surface area contributed by atoms with Crippen LogP contribution in [0.2, 0.25) is 5.02 Å². The Hall–Kier alpha value is -3.13. The number of halogens is 1. The van der Waals surface area contributed by atoms with Gasteiger partial charge in [0.2, 0.25) is 5.91 Å². The molecule has 1 heterocycles. The summed E-state index contributed by atoms with van der Waals surface area (Å²) >= 11 is 5.94. The molecule has 134 valence electrons. The number of benzene rings is 2. The Morgan fingerprint density at radius 2 is 2.12 bits per heavy atom. The Morgan fingerprint density at radius 1 is 1.35 bits per heavy atom. The number of non-ortho nitro benzene ring substituents is 1. The van der Waals surface area contributed by atoms with Crippen LogP contribution in [0.4, 0.5) is 5.69 Å². The van der Waals surface area contributed by atoms with Crippen molar-refractivity contribution in [2.45, 2.75) is 19.5 Å². The minimum absolute atomic E-state index is 0.0555. The average Bonchev–Trinajstić information content (AvgIpc) is 2.89. The molecular formula is C17H14ClN3O5. The second-order valence-electron chi connectivity index (χ2n) is 5.71. The lowest BCUT2D eigenvalue weighted by atomic mass is 10.1. The summed E-state index contributed by atoms with van der Waals surface area (Å²) < 4.78 is 6.13. The first-order chi connectivity index (χ1) is 12.3. The highest BCUT2D eigenvalue weighted by Crippen LogP contribution is 2.20. The maximum absolute atomic E-state index is 12.3. The molecule has 3 rings (SSSR count). The number of hydrogen-bond acceptors (Lipinski definition) is 5. The molecular weight excluding hydrogens is 362 g/mol. The van der Waals surface area contributed by atoms with E-state index in [0.29, 0.717) is 10.5 Å². The van der Waals surface area contributed by atoms with Gasteiger partial charge in [0, 0.05) is 11.1 Å². The van der Waals surface area contributed by atoms with E-state index in [9.17, 15) is 19.7 Å². The minimum Gasteiger partial charge on any atom is -0.407 e. The van der Waals surface area contributed by atoms with Gasteiger partial charge in [-0.1, -0.05) is 23.7 Å². The third-order valence-electron chi connectivity index (χ3n) is 3.89. The third kappa shape index (κ3) is 3.60. The van der Waals surface area contributed by atoms with Gasteiger partial charge >= 0.3 is 5.76 Å². The van der Waals surface area contributed by atoms with E-state index in [1.165, 1.54) is 12.1 Å². The van der Waals surface area contributed by atoms with E-state index < -0.39 is 16.6 Å². The number of hydrogen-bond donors (Lipinski definition) is 1. The number of carbonyl (C=O) groups excluding carboxylic acids is 1. The third-order valence-corrected chi connectivity index (χ3v) is 4.13. The molecule has 0 saturated carbocycles. The standard InChI is InChI=1S/C17H14ClN3O5/c1-10(11-3-2-4-12(18)7-11)19-16(22)9-20-14-6-5-13(21(24)25)8-15(14)26-17(20)23/h2-8,10H,9H2,1H3,(H,19,22)/t10-/m0/s1. The van der Waals surface area contributed by atoms with Crippen LogP contribution in [0.1, 0.15) is 18.5 Å². The lowest BCUT2D eigenvalue weighted by molar-refractivity contribution is -0.384. The summed E-state index contributed by atoms with van der Waals surface area (Å²) in [6, 6.07) is 10.6. The highest BCUT2D eigenvalue weighted by molar-refractivity contribution is 6.30. The lowest BCUT2D eigenvalue weighted by Crippen LogP contribution is -2.32. The van der Waals surface area contributed by atoms with Gasteiger partial charge in [-0.05, 0) is 30.7 Å². The van der Waals surface area contributed by atoms with Crippen molar-refractivity contribution in [3.05, 3.63) is 73.7 Å². The Labute approximate surface area is 152 Å². The zero-order chi connectivity index (χ0) is 18.8. The van der Waals surface area contributed by atoms with E-state index in [1.54, 1.807) is 25.1 Å². The minimum atomic E-state index is -0.758. The second-order valence-corrected chi connectivity index (χ2v) is 6.14. The number of rotatable bonds is 5. The van der Waals surface area contributed by atoms with Gasteiger partial charge in [0.05, 0.1) is 22.5 Å².